The van der Waals surface area contributed by atoms with Gasteiger partial charge in [0.05, 0.1) is 35.9 Å². The number of hydrogen-bond donors (Lipinski definition) is 5. The molecule has 3 fully saturated rings. The highest BCUT2D eigenvalue weighted by molar-refractivity contribution is 6.31. The third kappa shape index (κ3) is 16.0. The maximum absolute atomic E-state index is 14.9. The van der Waals surface area contributed by atoms with Gasteiger partial charge in [0.25, 0.3) is 0 Å². The zero-order valence-electron chi connectivity index (χ0n) is 46.4. The Morgan fingerprint density at radius 3 is 2.17 bits per heavy atom. The molecule has 0 bridgehead atoms. The molecule has 0 aromatic heterocycles. The number of esters is 1. The van der Waals surface area contributed by atoms with Gasteiger partial charge in [0.15, 0.2) is 24.8 Å². The van der Waals surface area contributed by atoms with Gasteiger partial charge in [-0.3, -0.25) is 9.69 Å². The second kappa shape index (κ2) is 26.8. The van der Waals surface area contributed by atoms with E-state index in [1.807, 2.05) is 63.0 Å². The number of carbonyl (C=O) groups excluding carboxylic acids is 3. The molecule has 424 valence electrons. The minimum absolute atomic E-state index is 0.00968. The molecule has 3 heterocycles. The standard InChI is InChI=1S/C55H86ClFN4O14/c1-15-42-55(10,67)47(74-52(65)59-29-37-20-22-39(57)23-21-37)35(6)61(13)30-31(2)27-53(8,66)46(73-50-44(62)41(60(11)12)26-32(3)69-50)33(4)45(34(5)49(63)71-42)72-43-28-54(9,68-14)48(36(7)70-43)75-51(64)58-25-24-38-18-16-17-19-40(38)56/h16-23,31-36,41-48,50,62,66-67H,15,24-30H2,1-14H3,(H,58,64)(H,59,65)/t31-,32-,33+,34-,35-,36+,41+,42-,43+,44-,45+,46-,47-,48+,50+,53-,54-,55-/m1/s1. The van der Waals surface area contributed by atoms with E-state index in [0.29, 0.717) is 30.0 Å². The number of cyclic esters (lactones) is 1. The first kappa shape index (κ1) is 62.1. The van der Waals surface area contributed by atoms with Crippen molar-refractivity contribution in [2.45, 2.75) is 198 Å². The number of amides is 2. The number of carbonyl (C=O) groups is 3. The smallest absolute Gasteiger partial charge is 0.407 e. The second-order valence-corrected chi connectivity index (χ2v) is 22.6. The van der Waals surface area contributed by atoms with Crippen molar-refractivity contribution in [3.8, 4) is 0 Å². The van der Waals surface area contributed by atoms with E-state index in [0.717, 1.165) is 5.56 Å². The topological polar surface area (TPSA) is 216 Å². The quantitative estimate of drug-likeness (QED) is 0.0995. The number of hydrogen-bond acceptors (Lipinski definition) is 16. The molecular formula is C55H86ClFN4O14. The maximum atomic E-state index is 14.9. The van der Waals surface area contributed by atoms with Crippen LogP contribution in [0.1, 0.15) is 106 Å². The highest BCUT2D eigenvalue weighted by Gasteiger charge is 2.54. The van der Waals surface area contributed by atoms with Gasteiger partial charge in [0.1, 0.15) is 29.2 Å². The maximum Gasteiger partial charge on any atom is 0.407 e. The lowest BCUT2D eigenvalue weighted by atomic mass is 9.77. The number of likely N-dealkylation sites (N-methyl/N-ethyl adjacent to an activating group) is 2. The highest BCUT2D eigenvalue weighted by Crippen LogP contribution is 2.41. The number of nitrogens with one attached hydrogen (secondary N) is 2. The SMILES string of the molecule is CC[C@H]1OC(=O)[C@H](C)[C@@H](O[C@H]2C[C@@](C)(OC)[C@@H](OC(=O)NCCc3ccccc3Cl)[C@H](C)O2)[C@H](C)[C@@H](O[C@@H]2O[C@H](C)C[C@H](N(C)C)[C@H]2O)[C@](C)(O)C[C@@H](C)CN(C)[C@H](C)[C@@H](OC(=O)NCc2ccc(F)cc2)[C@]1(C)O. The van der Waals surface area contributed by atoms with E-state index >= 15 is 0 Å². The molecule has 3 aliphatic rings. The summed E-state index contributed by atoms with van der Waals surface area (Å²) in [6.07, 6.45) is -10.7. The molecule has 0 spiro atoms. The van der Waals surface area contributed by atoms with Crippen LogP contribution in [0.5, 0.6) is 0 Å². The Labute approximate surface area is 448 Å². The van der Waals surface area contributed by atoms with Crippen LogP contribution in [0.25, 0.3) is 0 Å². The van der Waals surface area contributed by atoms with Crippen molar-refractivity contribution in [1.82, 2.24) is 20.4 Å². The Kier molecular flexibility index (Phi) is 22.2. The van der Waals surface area contributed by atoms with Gasteiger partial charge >= 0.3 is 18.2 Å². The van der Waals surface area contributed by atoms with E-state index in [4.69, 9.17) is 49.5 Å². The summed E-state index contributed by atoms with van der Waals surface area (Å²) >= 11 is 6.34. The number of nitrogens with zero attached hydrogens (tertiary/aromatic N) is 2. The predicted octanol–water partition coefficient (Wildman–Crippen LogP) is 6.60. The van der Waals surface area contributed by atoms with Gasteiger partial charge in [0, 0.05) is 56.2 Å². The van der Waals surface area contributed by atoms with Crippen molar-refractivity contribution in [3.05, 3.63) is 70.5 Å². The number of aliphatic hydroxyl groups excluding tert-OH is 1. The van der Waals surface area contributed by atoms with Crippen LogP contribution < -0.4 is 10.6 Å². The summed E-state index contributed by atoms with van der Waals surface area (Å²) in [7, 11) is 7.03. The number of ether oxygens (including phenoxy) is 8. The van der Waals surface area contributed by atoms with E-state index in [1.54, 1.807) is 54.5 Å². The lowest BCUT2D eigenvalue weighted by Gasteiger charge is -2.49. The Morgan fingerprint density at radius 2 is 1.55 bits per heavy atom. The summed E-state index contributed by atoms with van der Waals surface area (Å²) in [4.78, 5) is 45.7. The predicted molar refractivity (Wildman–Crippen MR) is 279 cm³/mol. The molecular weight excluding hydrogens is 995 g/mol. The molecule has 0 unspecified atom stereocenters. The van der Waals surface area contributed by atoms with Gasteiger partial charge in [0.2, 0.25) is 0 Å². The fourth-order valence-electron chi connectivity index (χ4n) is 11.2. The summed E-state index contributed by atoms with van der Waals surface area (Å²) < 4.78 is 64.7. The largest absolute Gasteiger partial charge is 0.459 e. The zero-order valence-corrected chi connectivity index (χ0v) is 47.2. The Hall–Kier alpha value is -3.73. The summed E-state index contributed by atoms with van der Waals surface area (Å²) in [5.74, 6) is -3.54. The molecule has 18 atom stereocenters. The molecule has 20 heteroatoms. The molecule has 2 amide bonds. The van der Waals surface area contributed by atoms with Crippen LogP contribution in [0.3, 0.4) is 0 Å². The van der Waals surface area contributed by atoms with Crippen LogP contribution in [0.4, 0.5) is 14.0 Å². The first-order valence-corrected chi connectivity index (χ1v) is 26.7. The lowest BCUT2D eigenvalue weighted by Crippen LogP contribution is -2.61. The van der Waals surface area contributed by atoms with Crippen molar-refractivity contribution >= 4 is 29.8 Å². The van der Waals surface area contributed by atoms with Crippen LogP contribution in [0, 0.1) is 23.6 Å². The molecule has 0 saturated carbocycles. The van der Waals surface area contributed by atoms with E-state index in [9.17, 15) is 34.1 Å². The van der Waals surface area contributed by atoms with Gasteiger partial charge in [-0.05, 0) is 131 Å². The van der Waals surface area contributed by atoms with Crippen LogP contribution in [-0.4, -0.2) is 175 Å². The van der Waals surface area contributed by atoms with Crippen molar-refractivity contribution in [2.75, 3.05) is 41.3 Å². The van der Waals surface area contributed by atoms with Crippen molar-refractivity contribution in [3.63, 3.8) is 0 Å². The molecule has 0 radical (unpaired) electrons. The summed E-state index contributed by atoms with van der Waals surface area (Å²) in [6.45, 7) is 18.0. The van der Waals surface area contributed by atoms with Crippen LogP contribution >= 0.6 is 11.6 Å². The summed E-state index contributed by atoms with van der Waals surface area (Å²) in [6, 6.07) is 11.9. The van der Waals surface area contributed by atoms with Crippen molar-refractivity contribution < 1.29 is 72.0 Å². The molecule has 5 N–H and O–H groups in total. The van der Waals surface area contributed by atoms with Gasteiger partial charge in [-0.15, -0.1) is 0 Å². The molecule has 2 aromatic carbocycles. The fourth-order valence-corrected chi connectivity index (χ4v) is 11.5. The Balaban J connectivity index is 1.50. The first-order chi connectivity index (χ1) is 35.1. The van der Waals surface area contributed by atoms with E-state index in [2.05, 4.69) is 10.6 Å². The molecule has 2 aromatic rings. The zero-order chi connectivity index (χ0) is 55.7. The van der Waals surface area contributed by atoms with Gasteiger partial charge in [-0.2, -0.15) is 0 Å². The molecule has 18 nitrogen and oxygen atoms in total. The normalized spacial score (nSPS) is 37.7. The first-order valence-electron chi connectivity index (χ1n) is 26.4. The molecule has 3 aliphatic heterocycles. The average Bonchev–Trinajstić information content (AvgIpc) is 3.34. The second-order valence-electron chi connectivity index (χ2n) is 22.2. The number of alkyl carbamates (subject to hydrolysis) is 2. The average molecular weight is 1080 g/mol. The minimum atomic E-state index is -1.99. The van der Waals surface area contributed by atoms with Gasteiger partial charge in [-0.25, -0.2) is 14.0 Å². The summed E-state index contributed by atoms with van der Waals surface area (Å²) in [5.41, 5.74) is -3.38. The number of rotatable bonds is 14. The summed E-state index contributed by atoms with van der Waals surface area (Å²) in [5, 5.41) is 43.5. The Morgan fingerprint density at radius 1 is 0.907 bits per heavy atom. The Bertz CT molecular complexity index is 2160. The number of halogens is 2. The molecule has 5 rings (SSSR count). The highest BCUT2D eigenvalue weighted by atomic mass is 35.5. The lowest BCUT2D eigenvalue weighted by molar-refractivity contribution is -0.317. The number of benzene rings is 2. The van der Waals surface area contributed by atoms with Crippen molar-refractivity contribution in [2.24, 2.45) is 17.8 Å². The van der Waals surface area contributed by atoms with Crippen LogP contribution in [0.2, 0.25) is 5.02 Å². The minimum Gasteiger partial charge on any atom is -0.459 e. The van der Waals surface area contributed by atoms with Crippen LogP contribution in [0.15, 0.2) is 48.5 Å². The molecule has 3 saturated heterocycles. The third-order valence-electron chi connectivity index (χ3n) is 15.6. The number of methoxy groups -OCH3 is 1. The number of aliphatic hydroxyl groups is 3. The van der Waals surface area contributed by atoms with Gasteiger partial charge in [-0.1, -0.05) is 62.7 Å². The molecule has 0 aliphatic carbocycles. The third-order valence-corrected chi connectivity index (χ3v) is 15.9. The van der Waals surface area contributed by atoms with Crippen LogP contribution in [-0.2, 0) is 55.7 Å². The van der Waals surface area contributed by atoms with Crippen molar-refractivity contribution in [1.29, 1.82) is 0 Å². The monoisotopic (exact) mass is 1080 g/mol. The van der Waals surface area contributed by atoms with E-state index < -0.39 is 114 Å². The van der Waals surface area contributed by atoms with E-state index in [-0.39, 0.29) is 50.4 Å². The van der Waals surface area contributed by atoms with E-state index in [1.165, 1.54) is 38.3 Å². The fraction of sp³-hybridized carbons (Fsp3) is 0.727. The van der Waals surface area contributed by atoms with Gasteiger partial charge < -0.3 is 68.7 Å². The molecule has 75 heavy (non-hydrogen) atoms.